The van der Waals surface area contributed by atoms with Crippen LogP contribution >= 0.6 is 23.2 Å². The zero-order chi connectivity index (χ0) is 10.9. The highest BCUT2D eigenvalue weighted by Crippen LogP contribution is 2.25. The zero-order valence-electron chi connectivity index (χ0n) is 7.02. The van der Waals surface area contributed by atoms with Gasteiger partial charge < -0.3 is 0 Å². The SMILES string of the molecule is Cc1cc(Cl)c(C(=O)Cl)nc1C(F)F. The van der Waals surface area contributed by atoms with Gasteiger partial charge in [0, 0.05) is 0 Å². The quantitative estimate of drug-likeness (QED) is 0.742. The summed E-state index contributed by atoms with van der Waals surface area (Å²) in [6.07, 6.45) is -2.75. The molecule has 0 amide bonds. The first-order chi connectivity index (χ1) is 6.43. The Bertz CT molecular complexity index is 382. The number of nitrogens with zero attached hydrogens (tertiary/aromatic N) is 1. The van der Waals surface area contributed by atoms with Crippen molar-refractivity contribution < 1.29 is 13.6 Å². The molecule has 0 aliphatic carbocycles. The van der Waals surface area contributed by atoms with E-state index in [-0.39, 0.29) is 16.3 Å². The van der Waals surface area contributed by atoms with E-state index in [0.29, 0.717) is 0 Å². The number of hydrogen-bond acceptors (Lipinski definition) is 2. The lowest BCUT2D eigenvalue weighted by atomic mass is 10.2. The van der Waals surface area contributed by atoms with Crippen LogP contribution in [0.2, 0.25) is 5.02 Å². The Balaban J connectivity index is 3.34. The summed E-state index contributed by atoms with van der Waals surface area (Å²) in [6.45, 7) is 1.43. The van der Waals surface area contributed by atoms with Crippen molar-refractivity contribution in [2.45, 2.75) is 13.3 Å². The smallest absolute Gasteiger partial charge is 0.274 e. The number of hydrogen-bond donors (Lipinski definition) is 0. The fraction of sp³-hybridized carbons (Fsp3) is 0.250. The molecule has 0 N–H and O–H groups in total. The van der Waals surface area contributed by atoms with E-state index >= 15 is 0 Å². The average molecular weight is 240 g/mol. The molecule has 6 heteroatoms. The molecule has 0 saturated carbocycles. The van der Waals surface area contributed by atoms with E-state index < -0.39 is 17.4 Å². The summed E-state index contributed by atoms with van der Waals surface area (Å²) in [7, 11) is 0. The Morgan fingerprint density at radius 2 is 2.14 bits per heavy atom. The molecule has 0 aromatic carbocycles. The van der Waals surface area contributed by atoms with Gasteiger partial charge >= 0.3 is 0 Å². The Morgan fingerprint density at radius 1 is 1.57 bits per heavy atom. The van der Waals surface area contributed by atoms with Crippen LogP contribution in [-0.4, -0.2) is 10.2 Å². The van der Waals surface area contributed by atoms with Gasteiger partial charge in [0.25, 0.3) is 11.7 Å². The Morgan fingerprint density at radius 3 is 2.57 bits per heavy atom. The van der Waals surface area contributed by atoms with E-state index in [0.717, 1.165) is 0 Å². The van der Waals surface area contributed by atoms with Gasteiger partial charge in [-0.05, 0) is 30.2 Å². The van der Waals surface area contributed by atoms with Crippen molar-refractivity contribution in [1.82, 2.24) is 4.98 Å². The third kappa shape index (κ3) is 2.19. The third-order valence-electron chi connectivity index (χ3n) is 1.60. The maximum Gasteiger partial charge on any atom is 0.280 e. The van der Waals surface area contributed by atoms with Gasteiger partial charge in [-0.2, -0.15) is 0 Å². The van der Waals surface area contributed by atoms with Gasteiger partial charge in [0.2, 0.25) is 0 Å². The van der Waals surface area contributed by atoms with E-state index in [1.54, 1.807) is 0 Å². The summed E-state index contributed by atoms with van der Waals surface area (Å²) in [5, 5.41) is -0.969. The Kier molecular flexibility index (Phi) is 3.39. The second kappa shape index (κ2) is 4.19. The summed E-state index contributed by atoms with van der Waals surface area (Å²) in [5.41, 5.74) is -0.584. The minimum atomic E-state index is -2.75. The number of pyridine rings is 1. The molecular weight excluding hydrogens is 235 g/mol. The van der Waals surface area contributed by atoms with Crippen LogP contribution in [0.1, 0.15) is 28.2 Å². The molecule has 14 heavy (non-hydrogen) atoms. The molecule has 1 aromatic rings. The Hall–Kier alpha value is -0.740. The molecule has 1 rings (SSSR count). The first kappa shape index (κ1) is 11.3. The summed E-state index contributed by atoms with van der Waals surface area (Å²) < 4.78 is 24.7. The number of alkyl halides is 2. The van der Waals surface area contributed by atoms with Gasteiger partial charge in [-0.3, -0.25) is 4.79 Å². The molecular formula is C8H5Cl2F2NO. The zero-order valence-corrected chi connectivity index (χ0v) is 8.53. The molecule has 0 unspecified atom stereocenters. The predicted molar refractivity (Wildman–Crippen MR) is 49.1 cm³/mol. The number of aryl methyl sites for hydroxylation is 1. The highest BCUT2D eigenvalue weighted by atomic mass is 35.5. The Labute approximate surface area is 88.8 Å². The lowest BCUT2D eigenvalue weighted by Gasteiger charge is -2.06. The molecule has 0 aliphatic heterocycles. The molecule has 0 spiro atoms. The molecule has 0 aliphatic rings. The van der Waals surface area contributed by atoms with Gasteiger partial charge in [0.1, 0.15) is 11.4 Å². The summed E-state index contributed by atoms with van der Waals surface area (Å²) in [5.74, 6) is 0. The monoisotopic (exact) mass is 239 g/mol. The van der Waals surface area contributed by atoms with Crippen LogP contribution in [0.5, 0.6) is 0 Å². The molecule has 0 radical (unpaired) electrons. The lowest BCUT2D eigenvalue weighted by molar-refractivity contribution is 0.107. The number of halogens is 4. The van der Waals surface area contributed by atoms with Crippen LogP contribution in [0.3, 0.4) is 0 Å². The van der Waals surface area contributed by atoms with Crippen LogP contribution in [-0.2, 0) is 0 Å². The van der Waals surface area contributed by atoms with Crippen molar-refractivity contribution in [1.29, 1.82) is 0 Å². The molecule has 0 fully saturated rings. The van der Waals surface area contributed by atoms with Crippen LogP contribution in [0.25, 0.3) is 0 Å². The van der Waals surface area contributed by atoms with Crippen LogP contribution in [0.4, 0.5) is 8.78 Å². The van der Waals surface area contributed by atoms with Gasteiger partial charge in [-0.1, -0.05) is 11.6 Å². The van der Waals surface area contributed by atoms with Gasteiger partial charge in [-0.15, -0.1) is 0 Å². The molecule has 1 heterocycles. The van der Waals surface area contributed by atoms with Crippen molar-refractivity contribution in [2.75, 3.05) is 0 Å². The molecule has 0 saturated heterocycles. The normalized spacial score (nSPS) is 10.7. The van der Waals surface area contributed by atoms with Crippen molar-refractivity contribution in [3.8, 4) is 0 Å². The number of carbonyl (C=O) groups is 1. The molecule has 1 aromatic heterocycles. The summed E-state index contributed by atoms with van der Waals surface area (Å²) in [4.78, 5) is 14.1. The number of aromatic nitrogens is 1. The third-order valence-corrected chi connectivity index (χ3v) is 2.07. The molecule has 2 nitrogen and oxygen atoms in total. The fourth-order valence-electron chi connectivity index (χ4n) is 0.953. The van der Waals surface area contributed by atoms with Crippen molar-refractivity contribution in [3.63, 3.8) is 0 Å². The number of rotatable bonds is 2. The van der Waals surface area contributed by atoms with Gasteiger partial charge in [0.15, 0.2) is 0 Å². The van der Waals surface area contributed by atoms with Crippen molar-refractivity contribution >= 4 is 28.4 Å². The topological polar surface area (TPSA) is 30.0 Å². The molecule has 76 valence electrons. The van der Waals surface area contributed by atoms with E-state index in [4.69, 9.17) is 23.2 Å². The molecule has 0 atom stereocenters. The highest BCUT2D eigenvalue weighted by Gasteiger charge is 2.18. The maximum absolute atomic E-state index is 12.3. The van der Waals surface area contributed by atoms with Gasteiger partial charge in [-0.25, -0.2) is 13.8 Å². The first-order valence-corrected chi connectivity index (χ1v) is 4.34. The minimum Gasteiger partial charge on any atom is -0.274 e. The predicted octanol–water partition coefficient (Wildman–Crippen LogP) is 3.36. The van der Waals surface area contributed by atoms with Crippen LogP contribution < -0.4 is 0 Å². The average Bonchev–Trinajstić information content (AvgIpc) is 2.02. The summed E-state index contributed by atoms with van der Waals surface area (Å²) in [6, 6.07) is 1.24. The lowest BCUT2D eigenvalue weighted by Crippen LogP contribution is -2.02. The second-order valence-electron chi connectivity index (χ2n) is 2.60. The van der Waals surface area contributed by atoms with E-state index in [1.165, 1.54) is 13.0 Å². The number of carbonyl (C=O) groups excluding carboxylic acids is 1. The van der Waals surface area contributed by atoms with E-state index in [1.807, 2.05) is 0 Å². The fourth-order valence-corrected chi connectivity index (χ4v) is 1.44. The van der Waals surface area contributed by atoms with Gasteiger partial charge in [0.05, 0.1) is 5.02 Å². The van der Waals surface area contributed by atoms with Crippen LogP contribution in [0.15, 0.2) is 6.07 Å². The maximum atomic E-state index is 12.3. The van der Waals surface area contributed by atoms with E-state index in [2.05, 4.69) is 4.98 Å². The van der Waals surface area contributed by atoms with E-state index in [9.17, 15) is 13.6 Å². The standard InChI is InChI=1S/C8H5Cl2F2NO/c1-3-2-4(9)6(7(10)14)13-5(3)8(11)12/h2,8H,1H3. The van der Waals surface area contributed by atoms with Crippen LogP contribution in [0, 0.1) is 6.92 Å². The van der Waals surface area contributed by atoms with Crippen molar-refractivity contribution in [3.05, 3.63) is 28.0 Å². The second-order valence-corrected chi connectivity index (χ2v) is 3.35. The van der Waals surface area contributed by atoms with Crippen molar-refractivity contribution in [2.24, 2.45) is 0 Å². The largest absolute Gasteiger partial charge is 0.280 e. The molecule has 0 bridgehead atoms. The summed E-state index contributed by atoms with van der Waals surface area (Å²) >= 11 is 10.7. The minimum absolute atomic E-state index is 0.0214. The highest BCUT2D eigenvalue weighted by molar-refractivity contribution is 6.68. The first-order valence-electron chi connectivity index (χ1n) is 3.58.